The molecule has 0 unspecified atom stereocenters. The minimum absolute atomic E-state index is 0.272. The van der Waals surface area contributed by atoms with Gasteiger partial charge in [-0.05, 0) is 6.92 Å². The summed E-state index contributed by atoms with van der Waals surface area (Å²) in [5.41, 5.74) is 0.361. The molecular formula is C7H10N2O3. The van der Waals surface area contributed by atoms with Gasteiger partial charge in [0.1, 0.15) is 6.54 Å². The number of carbonyl (C=O) groups is 1. The lowest BCUT2D eigenvalue weighted by molar-refractivity contribution is -0.137. The molecule has 0 fully saturated rings. The van der Waals surface area contributed by atoms with Crippen molar-refractivity contribution in [3.63, 3.8) is 0 Å². The first-order chi connectivity index (χ1) is 5.52. The summed E-state index contributed by atoms with van der Waals surface area (Å²) in [7, 11) is 1.59. The predicted molar refractivity (Wildman–Crippen MR) is 42.0 cm³/mol. The summed E-state index contributed by atoms with van der Waals surface area (Å²) < 4.78 is 2.57. The summed E-state index contributed by atoms with van der Waals surface area (Å²) in [6.45, 7) is 1.43. The smallest absolute Gasteiger partial charge is 0.328 e. The second-order valence-electron chi connectivity index (χ2n) is 2.64. The van der Waals surface area contributed by atoms with Gasteiger partial charge >= 0.3 is 11.7 Å². The minimum Gasteiger partial charge on any atom is -0.480 e. The van der Waals surface area contributed by atoms with Crippen molar-refractivity contribution in [3.8, 4) is 0 Å². The zero-order chi connectivity index (χ0) is 9.30. The van der Waals surface area contributed by atoms with Gasteiger partial charge in [-0.3, -0.25) is 9.36 Å². The van der Waals surface area contributed by atoms with Crippen LogP contribution in [0.1, 0.15) is 5.69 Å². The Balaban J connectivity index is 3.14. The number of nitrogens with zero attached hydrogens (tertiary/aromatic N) is 2. The number of aryl methyl sites for hydroxylation is 2. The fraction of sp³-hybridized carbons (Fsp3) is 0.429. The molecule has 1 heterocycles. The van der Waals surface area contributed by atoms with E-state index >= 15 is 0 Å². The maximum Gasteiger partial charge on any atom is 0.328 e. The number of hydrogen-bond donors (Lipinski definition) is 1. The standard InChI is InChI=1S/C7H10N2O3/c1-5-3-8(2)7(12)9(5)4-6(10)11/h3H,4H2,1-2H3,(H,10,11). The molecule has 0 saturated carbocycles. The first kappa shape index (κ1) is 8.58. The fourth-order valence-corrected chi connectivity index (χ4v) is 1.07. The Kier molecular flexibility index (Phi) is 2.03. The Hall–Kier alpha value is -1.52. The topological polar surface area (TPSA) is 64.2 Å². The van der Waals surface area contributed by atoms with E-state index in [1.54, 1.807) is 20.2 Å². The van der Waals surface area contributed by atoms with Crippen LogP contribution in [0.4, 0.5) is 0 Å². The molecule has 0 aliphatic heterocycles. The highest BCUT2D eigenvalue weighted by molar-refractivity contribution is 5.66. The van der Waals surface area contributed by atoms with Crippen LogP contribution in [-0.4, -0.2) is 20.2 Å². The highest BCUT2D eigenvalue weighted by Crippen LogP contribution is 1.92. The van der Waals surface area contributed by atoms with Crippen LogP contribution >= 0.6 is 0 Å². The van der Waals surface area contributed by atoms with Crippen molar-refractivity contribution in [3.05, 3.63) is 22.4 Å². The van der Waals surface area contributed by atoms with Crippen LogP contribution in [0.2, 0.25) is 0 Å². The third-order valence-electron chi connectivity index (χ3n) is 1.63. The van der Waals surface area contributed by atoms with Crippen LogP contribution in [0.15, 0.2) is 11.0 Å². The molecule has 0 bridgehead atoms. The molecule has 0 amide bonds. The van der Waals surface area contributed by atoms with Gasteiger partial charge in [-0.15, -0.1) is 0 Å². The zero-order valence-corrected chi connectivity index (χ0v) is 6.94. The molecule has 1 aromatic heterocycles. The summed E-state index contributed by atoms with van der Waals surface area (Å²) >= 11 is 0. The first-order valence-corrected chi connectivity index (χ1v) is 3.47. The van der Waals surface area contributed by atoms with Crippen LogP contribution in [0.5, 0.6) is 0 Å². The van der Waals surface area contributed by atoms with E-state index < -0.39 is 5.97 Å². The normalized spacial score (nSPS) is 10.2. The van der Waals surface area contributed by atoms with E-state index in [1.165, 1.54) is 9.13 Å². The lowest BCUT2D eigenvalue weighted by atomic mass is 10.5. The van der Waals surface area contributed by atoms with Crippen molar-refractivity contribution in [1.29, 1.82) is 0 Å². The van der Waals surface area contributed by atoms with Gasteiger partial charge in [0.15, 0.2) is 0 Å². The van der Waals surface area contributed by atoms with Crippen molar-refractivity contribution in [2.24, 2.45) is 7.05 Å². The third kappa shape index (κ3) is 1.39. The maximum absolute atomic E-state index is 11.2. The van der Waals surface area contributed by atoms with Crippen LogP contribution in [0, 0.1) is 6.92 Å². The lowest BCUT2D eigenvalue weighted by Gasteiger charge is -1.97. The molecule has 0 spiro atoms. The van der Waals surface area contributed by atoms with Crippen LogP contribution in [-0.2, 0) is 18.4 Å². The predicted octanol–water partition coefficient (Wildman–Crippen LogP) is -0.420. The molecule has 0 aromatic carbocycles. The average Bonchev–Trinajstić information content (AvgIpc) is 2.16. The van der Waals surface area contributed by atoms with Gasteiger partial charge in [-0.2, -0.15) is 0 Å². The fourth-order valence-electron chi connectivity index (χ4n) is 1.07. The third-order valence-corrected chi connectivity index (χ3v) is 1.63. The zero-order valence-electron chi connectivity index (χ0n) is 6.94. The van der Waals surface area contributed by atoms with E-state index in [0.29, 0.717) is 5.69 Å². The Morgan fingerprint density at radius 1 is 1.67 bits per heavy atom. The van der Waals surface area contributed by atoms with Crippen molar-refractivity contribution < 1.29 is 9.90 Å². The van der Waals surface area contributed by atoms with E-state index in [4.69, 9.17) is 5.11 Å². The quantitative estimate of drug-likeness (QED) is 0.655. The van der Waals surface area contributed by atoms with Crippen molar-refractivity contribution >= 4 is 5.97 Å². The average molecular weight is 170 g/mol. The van der Waals surface area contributed by atoms with E-state index in [1.807, 2.05) is 0 Å². The number of aliphatic carboxylic acids is 1. The van der Waals surface area contributed by atoms with E-state index in [2.05, 4.69) is 0 Å². The molecule has 0 aliphatic carbocycles. The van der Waals surface area contributed by atoms with Gasteiger partial charge in [0, 0.05) is 18.9 Å². The van der Waals surface area contributed by atoms with Crippen molar-refractivity contribution in [2.45, 2.75) is 13.5 Å². The molecule has 0 radical (unpaired) electrons. The lowest BCUT2D eigenvalue weighted by Crippen LogP contribution is -2.25. The number of carboxylic acid groups (broad SMARTS) is 1. The van der Waals surface area contributed by atoms with Gasteiger partial charge < -0.3 is 9.67 Å². The van der Waals surface area contributed by atoms with Gasteiger partial charge in [0.05, 0.1) is 0 Å². The molecule has 5 heteroatoms. The summed E-state index contributed by atoms with van der Waals surface area (Å²) in [6, 6.07) is 0. The van der Waals surface area contributed by atoms with Crippen LogP contribution in [0.3, 0.4) is 0 Å². The monoisotopic (exact) mass is 170 g/mol. The maximum atomic E-state index is 11.2. The first-order valence-electron chi connectivity index (χ1n) is 3.47. The van der Waals surface area contributed by atoms with E-state index in [0.717, 1.165) is 0 Å². The molecule has 1 rings (SSSR count). The number of carboxylic acids is 1. The SMILES string of the molecule is Cc1cn(C)c(=O)n1CC(=O)O. The number of imidazole rings is 1. The Morgan fingerprint density at radius 2 is 2.25 bits per heavy atom. The second-order valence-corrected chi connectivity index (χ2v) is 2.64. The largest absolute Gasteiger partial charge is 0.480 e. The second kappa shape index (κ2) is 2.84. The van der Waals surface area contributed by atoms with Crippen LogP contribution < -0.4 is 5.69 Å². The summed E-state index contributed by atoms with van der Waals surface area (Å²) in [5.74, 6) is -1.01. The molecule has 0 atom stereocenters. The Labute approximate surface area is 68.9 Å². The summed E-state index contributed by atoms with van der Waals surface area (Å²) in [5, 5.41) is 8.46. The van der Waals surface area contributed by atoms with Crippen molar-refractivity contribution in [2.75, 3.05) is 0 Å². The molecule has 0 saturated heterocycles. The number of aromatic nitrogens is 2. The Morgan fingerprint density at radius 3 is 2.58 bits per heavy atom. The van der Waals surface area contributed by atoms with Gasteiger partial charge in [0.2, 0.25) is 0 Å². The van der Waals surface area contributed by atoms with Gasteiger partial charge in [0.25, 0.3) is 0 Å². The van der Waals surface area contributed by atoms with E-state index in [9.17, 15) is 9.59 Å². The number of rotatable bonds is 2. The molecular weight excluding hydrogens is 160 g/mol. The molecule has 5 nitrogen and oxygen atoms in total. The highest BCUT2D eigenvalue weighted by Gasteiger charge is 2.07. The molecule has 1 N–H and O–H groups in total. The van der Waals surface area contributed by atoms with E-state index in [-0.39, 0.29) is 12.2 Å². The molecule has 12 heavy (non-hydrogen) atoms. The summed E-state index contributed by atoms with van der Waals surface area (Å²) in [4.78, 5) is 21.5. The molecule has 0 aliphatic rings. The molecule has 66 valence electrons. The summed E-state index contributed by atoms with van der Waals surface area (Å²) in [6.07, 6.45) is 1.60. The Bertz CT molecular complexity index is 361. The number of hydrogen-bond acceptors (Lipinski definition) is 2. The van der Waals surface area contributed by atoms with Gasteiger partial charge in [-0.25, -0.2) is 4.79 Å². The molecule has 1 aromatic rings. The highest BCUT2D eigenvalue weighted by atomic mass is 16.4. The van der Waals surface area contributed by atoms with Crippen molar-refractivity contribution in [1.82, 2.24) is 9.13 Å². The van der Waals surface area contributed by atoms with Gasteiger partial charge in [-0.1, -0.05) is 0 Å². The minimum atomic E-state index is -1.01. The van der Waals surface area contributed by atoms with Crippen LogP contribution in [0.25, 0.3) is 0 Å².